The highest BCUT2D eigenvalue weighted by Crippen LogP contribution is 2.23. The van der Waals surface area contributed by atoms with Gasteiger partial charge in [0.25, 0.3) is 0 Å². The van der Waals surface area contributed by atoms with E-state index in [4.69, 9.17) is 4.74 Å². The highest BCUT2D eigenvalue weighted by Gasteiger charge is 2.31. The molecule has 0 radical (unpaired) electrons. The van der Waals surface area contributed by atoms with Crippen LogP contribution in [0.5, 0.6) is 0 Å². The van der Waals surface area contributed by atoms with Crippen LogP contribution in [0.1, 0.15) is 24.9 Å². The van der Waals surface area contributed by atoms with Gasteiger partial charge in [0.2, 0.25) is 10.0 Å². The monoisotopic (exact) mass is 291 g/mol. The van der Waals surface area contributed by atoms with Gasteiger partial charge in [-0.05, 0) is 25.5 Å². The Morgan fingerprint density at radius 3 is 2.53 bits per heavy atom. The third-order valence-corrected chi connectivity index (χ3v) is 5.03. The Morgan fingerprint density at radius 1 is 1.37 bits per heavy atom. The molecule has 4 nitrogen and oxygen atoms in total. The number of rotatable bonds is 4. The van der Waals surface area contributed by atoms with Crippen molar-refractivity contribution in [3.05, 3.63) is 35.4 Å². The lowest BCUT2D eigenvalue weighted by Crippen LogP contribution is -2.36. The second-order valence-electron chi connectivity index (χ2n) is 4.51. The summed E-state index contributed by atoms with van der Waals surface area (Å²) in [6.45, 7) is 1.91. The summed E-state index contributed by atoms with van der Waals surface area (Å²) in [5.74, 6) is -1.53. The van der Waals surface area contributed by atoms with Crippen LogP contribution in [-0.2, 0) is 14.8 Å². The summed E-state index contributed by atoms with van der Waals surface area (Å²) in [5, 5.41) is -0.662. The summed E-state index contributed by atoms with van der Waals surface area (Å²) in [7, 11) is -3.65. The van der Waals surface area contributed by atoms with E-state index in [1.54, 1.807) is 0 Å². The van der Waals surface area contributed by atoms with Crippen molar-refractivity contribution in [1.29, 1.82) is 0 Å². The molecule has 7 heteroatoms. The molecule has 1 aliphatic rings. The fourth-order valence-corrected chi connectivity index (χ4v) is 3.57. The average Bonchev–Trinajstić information content (AvgIpc) is 2.81. The summed E-state index contributed by atoms with van der Waals surface area (Å²) in [6.07, 6.45) is 0.391. The van der Waals surface area contributed by atoms with Gasteiger partial charge in [-0.2, -0.15) is 0 Å². The van der Waals surface area contributed by atoms with E-state index < -0.39 is 32.9 Å². The Bertz CT molecular complexity index is 536. The second kappa shape index (κ2) is 5.52. The van der Waals surface area contributed by atoms with E-state index in [0.29, 0.717) is 13.0 Å². The van der Waals surface area contributed by atoms with E-state index in [1.807, 2.05) is 0 Å². The Labute approximate surface area is 110 Å². The third-order valence-electron chi connectivity index (χ3n) is 3.10. The highest BCUT2D eigenvalue weighted by atomic mass is 32.2. The van der Waals surface area contributed by atoms with E-state index in [0.717, 1.165) is 12.1 Å². The van der Waals surface area contributed by atoms with Gasteiger partial charge in [-0.15, -0.1) is 0 Å². The van der Waals surface area contributed by atoms with Crippen LogP contribution in [0.3, 0.4) is 0 Å². The quantitative estimate of drug-likeness (QED) is 0.919. The minimum atomic E-state index is -3.65. The minimum absolute atomic E-state index is 0.113. The predicted molar refractivity (Wildman–Crippen MR) is 66.1 cm³/mol. The summed E-state index contributed by atoms with van der Waals surface area (Å²) in [6, 6.07) is 2.47. The van der Waals surface area contributed by atoms with Crippen LogP contribution < -0.4 is 4.72 Å². The fraction of sp³-hybridized carbons (Fsp3) is 0.500. The van der Waals surface area contributed by atoms with Crippen molar-refractivity contribution >= 4 is 10.0 Å². The van der Waals surface area contributed by atoms with Crippen molar-refractivity contribution in [3.63, 3.8) is 0 Å². The van der Waals surface area contributed by atoms with Gasteiger partial charge < -0.3 is 4.74 Å². The molecule has 0 saturated carbocycles. The Morgan fingerprint density at radius 2 is 2.00 bits per heavy atom. The molecule has 106 valence electrons. The first kappa shape index (κ1) is 14.4. The molecule has 1 aromatic rings. The van der Waals surface area contributed by atoms with Crippen molar-refractivity contribution in [1.82, 2.24) is 4.72 Å². The average molecular weight is 291 g/mol. The molecule has 1 N–H and O–H groups in total. The molecular weight excluding hydrogens is 276 g/mol. The molecule has 2 unspecified atom stereocenters. The van der Waals surface area contributed by atoms with E-state index in [2.05, 4.69) is 4.72 Å². The van der Waals surface area contributed by atoms with Crippen LogP contribution in [0.15, 0.2) is 18.2 Å². The SMILES string of the molecule is CC(NS(=O)(=O)C1CCOC1)c1c(F)cccc1F. The largest absolute Gasteiger partial charge is 0.380 e. The number of benzene rings is 1. The molecule has 0 aliphatic carbocycles. The zero-order valence-electron chi connectivity index (χ0n) is 10.4. The Hall–Kier alpha value is -1.05. The number of halogens is 2. The number of hydrogen-bond acceptors (Lipinski definition) is 3. The first-order chi connectivity index (χ1) is 8.92. The van der Waals surface area contributed by atoms with Gasteiger partial charge in [-0.3, -0.25) is 0 Å². The molecule has 1 aromatic carbocycles. The molecular formula is C12H15F2NO3S. The standard InChI is InChI=1S/C12H15F2NO3S/c1-8(12-10(13)3-2-4-11(12)14)15-19(16,17)9-5-6-18-7-9/h2-4,8-9,15H,5-7H2,1H3. The zero-order chi connectivity index (χ0) is 14.0. The van der Waals surface area contributed by atoms with Crippen LogP contribution in [0.25, 0.3) is 0 Å². The molecule has 1 fully saturated rings. The third kappa shape index (κ3) is 3.10. The zero-order valence-corrected chi connectivity index (χ0v) is 11.2. The highest BCUT2D eigenvalue weighted by molar-refractivity contribution is 7.90. The maximum atomic E-state index is 13.6. The van der Waals surface area contributed by atoms with Gasteiger partial charge in [-0.25, -0.2) is 21.9 Å². The summed E-state index contributed by atoms with van der Waals surface area (Å²) in [4.78, 5) is 0. The minimum Gasteiger partial charge on any atom is -0.380 e. The summed E-state index contributed by atoms with van der Waals surface area (Å²) < 4.78 is 58.4. The molecule has 2 rings (SSSR count). The summed E-state index contributed by atoms with van der Waals surface area (Å²) in [5.41, 5.74) is -0.273. The van der Waals surface area contributed by atoms with Crippen LogP contribution in [0, 0.1) is 11.6 Å². The van der Waals surface area contributed by atoms with E-state index in [1.165, 1.54) is 13.0 Å². The molecule has 1 aliphatic heterocycles. The first-order valence-electron chi connectivity index (χ1n) is 5.94. The van der Waals surface area contributed by atoms with Crippen LogP contribution in [-0.4, -0.2) is 26.9 Å². The molecule has 0 bridgehead atoms. The van der Waals surface area contributed by atoms with Crippen molar-refractivity contribution in [2.75, 3.05) is 13.2 Å². The van der Waals surface area contributed by atoms with Crippen molar-refractivity contribution in [2.24, 2.45) is 0 Å². The molecule has 0 amide bonds. The van der Waals surface area contributed by atoms with Crippen LogP contribution >= 0.6 is 0 Å². The molecule has 0 aromatic heterocycles. The number of sulfonamides is 1. The topological polar surface area (TPSA) is 55.4 Å². The maximum absolute atomic E-state index is 13.6. The summed E-state index contributed by atoms with van der Waals surface area (Å²) >= 11 is 0. The van der Waals surface area contributed by atoms with E-state index in [9.17, 15) is 17.2 Å². The van der Waals surface area contributed by atoms with Crippen molar-refractivity contribution < 1.29 is 21.9 Å². The molecule has 19 heavy (non-hydrogen) atoms. The Kier molecular flexibility index (Phi) is 4.17. The number of nitrogens with one attached hydrogen (secondary N) is 1. The molecule has 2 atom stereocenters. The van der Waals surface area contributed by atoms with E-state index >= 15 is 0 Å². The van der Waals surface area contributed by atoms with Gasteiger partial charge in [0.1, 0.15) is 16.9 Å². The Balaban J connectivity index is 2.19. The van der Waals surface area contributed by atoms with Crippen LogP contribution in [0.2, 0.25) is 0 Å². The van der Waals surface area contributed by atoms with Gasteiger partial charge >= 0.3 is 0 Å². The van der Waals surface area contributed by atoms with Crippen LogP contribution in [0.4, 0.5) is 8.78 Å². The van der Waals surface area contributed by atoms with Crippen molar-refractivity contribution in [3.8, 4) is 0 Å². The second-order valence-corrected chi connectivity index (χ2v) is 6.50. The molecule has 0 spiro atoms. The molecule has 1 heterocycles. The van der Waals surface area contributed by atoms with Crippen molar-refractivity contribution in [2.45, 2.75) is 24.6 Å². The maximum Gasteiger partial charge on any atom is 0.217 e. The van der Waals surface area contributed by atoms with Gasteiger partial charge in [0.15, 0.2) is 0 Å². The smallest absolute Gasteiger partial charge is 0.217 e. The van der Waals surface area contributed by atoms with Gasteiger partial charge in [-0.1, -0.05) is 6.07 Å². The van der Waals surface area contributed by atoms with Gasteiger partial charge in [0.05, 0.1) is 6.61 Å². The lowest BCUT2D eigenvalue weighted by atomic mass is 10.1. The first-order valence-corrected chi connectivity index (χ1v) is 7.49. The lowest BCUT2D eigenvalue weighted by Gasteiger charge is -2.18. The fourth-order valence-electron chi connectivity index (χ4n) is 2.08. The number of ether oxygens (including phenoxy) is 1. The predicted octanol–water partition coefficient (Wildman–Crippen LogP) is 1.73. The number of hydrogen-bond donors (Lipinski definition) is 1. The van der Waals surface area contributed by atoms with Gasteiger partial charge in [0, 0.05) is 18.2 Å². The van der Waals surface area contributed by atoms with E-state index in [-0.39, 0.29) is 12.2 Å². The lowest BCUT2D eigenvalue weighted by molar-refractivity contribution is 0.198. The normalized spacial score (nSPS) is 21.5. The molecule has 1 saturated heterocycles.